The standard InChI is InChI=1S/C14H18N2O/c1-14(2)7-4-8-16(14)13-9-12(17-3)6-5-11(13)10-15/h5-6,9H,4,7-8H2,1-3H3. The van der Waals surface area contributed by atoms with Crippen LogP contribution in [-0.4, -0.2) is 19.2 Å². The number of nitriles is 1. The van der Waals surface area contributed by atoms with Crippen molar-refractivity contribution in [2.45, 2.75) is 32.2 Å². The topological polar surface area (TPSA) is 36.3 Å². The van der Waals surface area contributed by atoms with Crippen LogP contribution in [0.5, 0.6) is 5.75 Å². The van der Waals surface area contributed by atoms with Gasteiger partial charge in [0.05, 0.1) is 18.4 Å². The maximum atomic E-state index is 9.20. The number of hydrogen-bond donors (Lipinski definition) is 0. The molecule has 0 N–H and O–H groups in total. The first-order valence-electron chi connectivity index (χ1n) is 5.94. The Hall–Kier alpha value is -1.69. The first-order chi connectivity index (χ1) is 8.08. The highest BCUT2D eigenvalue weighted by atomic mass is 16.5. The third kappa shape index (κ3) is 2.08. The molecule has 0 aliphatic carbocycles. The summed E-state index contributed by atoms with van der Waals surface area (Å²) in [7, 11) is 1.65. The predicted octanol–water partition coefficient (Wildman–Crippen LogP) is 2.95. The molecule has 0 atom stereocenters. The van der Waals surface area contributed by atoms with Crippen molar-refractivity contribution >= 4 is 5.69 Å². The Bertz CT molecular complexity index is 460. The molecule has 0 amide bonds. The largest absolute Gasteiger partial charge is 0.497 e. The van der Waals surface area contributed by atoms with E-state index in [0.29, 0.717) is 0 Å². The number of hydrogen-bond acceptors (Lipinski definition) is 3. The van der Waals surface area contributed by atoms with Gasteiger partial charge in [0, 0.05) is 18.2 Å². The van der Waals surface area contributed by atoms with Crippen LogP contribution in [0.3, 0.4) is 0 Å². The Morgan fingerprint density at radius 2 is 2.18 bits per heavy atom. The van der Waals surface area contributed by atoms with Gasteiger partial charge in [0.25, 0.3) is 0 Å². The molecule has 1 aliphatic rings. The fourth-order valence-electron chi connectivity index (χ4n) is 2.51. The molecule has 0 bridgehead atoms. The maximum Gasteiger partial charge on any atom is 0.121 e. The average molecular weight is 230 g/mol. The van der Waals surface area contributed by atoms with Gasteiger partial charge in [-0.15, -0.1) is 0 Å². The summed E-state index contributed by atoms with van der Waals surface area (Å²) in [5.74, 6) is 0.807. The molecule has 0 aromatic heterocycles. The highest BCUT2D eigenvalue weighted by Crippen LogP contribution is 2.36. The predicted molar refractivity (Wildman–Crippen MR) is 68.4 cm³/mol. The van der Waals surface area contributed by atoms with Gasteiger partial charge in [-0.1, -0.05) is 0 Å². The zero-order valence-electron chi connectivity index (χ0n) is 10.7. The fraction of sp³-hybridized carbons (Fsp3) is 0.500. The van der Waals surface area contributed by atoms with Gasteiger partial charge in [0.15, 0.2) is 0 Å². The SMILES string of the molecule is COc1ccc(C#N)c(N2CCCC2(C)C)c1. The van der Waals surface area contributed by atoms with E-state index in [1.54, 1.807) is 7.11 Å². The van der Waals surface area contributed by atoms with Crippen molar-refractivity contribution < 1.29 is 4.74 Å². The summed E-state index contributed by atoms with van der Waals surface area (Å²) >= 11 is 0. The molecule has 0 spiro atoms. The molecule has 1 aromatic rings. The van der Waals surface area contributed by atoms with Crippen LogP contribution in [-0.2, 0) is 0 Å². The third-order valence-electron chi connectivity index (χ3n) is 3.52. The van der Waals surface area contributed by atoms with E-state index in [0.717, 1.165) is 30.0 Å². The van der Waals surface area contributed by atoms with E-state index in [9.17, 15) is 5.26 Å². The summed E-state index contributed by atoms with van der Waals surface area (Å²) in [6, 6.07) is 7.90. The summed E-state index contributed by atoms with van der Waals surface area (Å²) in [5, 5.41) is 9.20. The molecule has 90 valence electrons. The lowest BCUT2D eigenvalue weighted by molar-refractivity contribution is 0.414. The second kappa shape index (κ2) is 4.29. The lowest BCUT2D eigenvalue weighted by Crippen LogP contribution is -2.38. The van der Waals surface area contributed by atoms with E-state index in [2.05, 4.69) is 24.8 Å². The van der Waals surface area contributed by atoms with E-state index < -0.39 is 0 Å². The van der Waals surface area contributed by atoms with Gasteiger partial charge in [-0.05, 0) is 38.8 Å². The zero-order chi connectivity index (χ0) is 12.5. The molecule has 1 heterocycles. The van der Waals surface area contributed by atoms with E-state index >= 15 is 0 Å². The van der Waals surface area contributed by atoms with Crippen molar-refractivity contribution in [1.82, 2.24) is 0 Å². The summed E-state index contributed by atoms with van der Waals surface area (Å²) in [4.78, 5) is 2.31. The Balaban J connectivity index is 2.46. The lowest BCUT2D eigenvalue weighted by atomic mass is 10.0. The number of anilines is 1. The minimum atomic E-state index is 0.123. The molecular formula is C14H18N2O. The molecule has 2 rings (SSSR count). The molecule has 3 nitrogen and oxygen atoms in total. The minimum Gasteiger partial charge on any atom is -0.497 e. The Morgan fingerprint density at radius 1 is 1.41 bits per heavy atom. The highest BCUT2D eigenvalue weighted by Gasteiger charge is 2.33. The van der Waals surface area contributed by atoms with Crippen LogP contribution in [0, 0.1) is 11.3 Å². The van der Waals surface area contributed by atoms with Crippen molar-refractivity contribution in [2.75, 3.05) is 18.6 Å². The quantitative estimate of drug-likeness (QED) is 0.783. The summed E-state index contributed by atoms with van der Waals surface area (Å²) in [6.45, 7) is 5.45. The number of nitrogens with zero attached hydrogens (tertiary/aromatic N) is 2. The van der Waals surface area contributed by atoms with Crippen molar-refractivity contribution in [3.05, 3.63) is 23.8 Å². The number of benzene rings is 1. The van der Waals surface area contributed by atoms with Crippen molar-refractivity contribution in [3.63, 3.8) is 0 Å². The molecule has 1 saturated heterocycles. The monoisotopic (exact) mass is 230 g/mol. The second-order valence-electron chi connectivity index (χ2n) is 5.06. The second-order valence-corrected chi connectivity index (χ2v) is 5.06. The molecule has 0 saturated carbocycles. The van der Waals surface area contributed by atoms with Crippen LogP contribution >= 0.6 is 0 Å². The highest BCUT2D eigenvalue weighted by molar-refractivity contribution is 5.64. The van der Waals surface area contributed by atoms with Gasteiger partial charge >= 0.3 is 0 Å². The first kappa shape index (κ1) is 11.8. The van der Waals surface area contributed by atoms with Gasteiger partial charge in [-0.3, -0.25) is 0 Å². The van der Waals surface area contributed by atoms with E-state index in [4.69, 9.17) is 4.74 Å². The van der Waals surface area contributed by atoms with E-state index in [1.165, 1.54) is 6.42 Å². The average Bonchev–Trinajstić information content (AvgIpc) is 2.68. The van der Waals surface area contributed by atoms with Gasteiger partial charge < -0.3 is 9.64 Å². The zero-order valence-corrected chi connectivity index (χ0v) is 10.7. The van der Waals surface area contributed by atoms with Crippen LogP contribution in [0.25, 0.3) is 0 Å². The smallest absolute Gasteiger partial charge is 0.121 e. The summed E-state index contributed by atoms with van der Waals surface area (Å²) in [6.07, 6.45) is 2.34. The minimum absolute atomic E-state index is 0.123. The number of ether oxygens (including phenoxy) is 1. The molecule has 1 aromatic carbocycles. The number of methoxy groups -OCH3 is 1. The molecular weight excluding hydrogens is 212 g/mol. The third-order valence-corrected chi connectivity index (χ3v) is 3.52. The molecule has 1 fully saturated rings. The van der Waals surface area contributed by atoms with Crippen molar-refractivity contribution in [3.8, 4) is 11.8 Å². The van der Waals surface area contributed by atoms with Gasteiger partial charge in [0.2, 0.25) is 0 Å². The van der Waals surface area contributed by atoms with Crippen LogP contribution in [0.1, 0.15) is 32.3 Å². The van der Waals surface area contributed by atoms with Crippen LogP contribution in [0.2, 0.25) is 0 Å². The summed E-state index contributed by atoms with van der Waals surface area (Å²) < 4.78 is 5.25. The Labute approximate surface area is 103 Å². The number of rotatable bonds is 2. The lowest BCUT2D eigenvalue weighted by Gasteiger charge is -2.34. The Kier molecular flexibility index (Phi) is 2.97. The normalized spacial score (nSPS) is 17.9. The first-order valence-corrected chi connectivity index (χ1v) is 5.94. The van der Waals surface area contributed by atoms with Gasteiger partial charge in [-0.25, -0.2) is 0 Å². The summed E-state index contributed by atoms with van der Waals surface area (Å²) in [5.41, 5.74) is 1.84. The molecule has 17 heavy (non-hydrogen) atoms. The van der Waals surface area contributed by atoms with Crippen LogP contribution < -0.4 is 9.64 Å². The fourth-order valence-corrected chi connectivity index (χ4v) is 2.51. The van der Waals surface area contributed by atoms with Gasteiger partial charge in [0.1, 0.15) is 11.8 Å². The molecule has 0 unspecified atom stereocenters. The van der Waals surface area contributed by atoms with Crippen LogP contribution in [0.15, 0.2) is 18.2 Å². The van der Waals surface area contributed by atoms with Crippen LogP contribution in [0.4, 0.5) is 5.69 Å². The van der Waals surface area contributed by atoms with Crippen molar-refractivity contribution in [1.29, 1.82) is 5.26 Å². The molecule has 0 radical (unpaired) electrons. The van der Waals surface area contributed by atoms with E-state index in [-0.39, 0.29) is 5.54 Å². The van der Waals surface area contributed by atoms with Crippen molar-refractivity contribution in [2.24, 2.45) is 0 Å². The maximum absolute atomic E-state index is 9.20. The molecule has 1 aliphatic heterocycles. The molecule has 3 heteroatoms. The van der Waals surface area contributed by atoms with Gasteiger partial charge in [-0.2, -0.15) is 5.26 Å². The van der Waals surface area contributed by atoms with E-state index in [1.807, 2.05) is 18.2 Å². The Morgan fingerprint density at radius 3 is 2.71 bits per heavy atom.